The third-order valence-corrected chi connectivity index (χ3v) is 3.91. The van der Waals surface area contributed by atoms with Gasteiger partial charge in [0.05, 0.1) is 7.11 Å². The number of piperazine rings is 1. The molecule has 1 fully saturated rings. The van der Waals surface area contributed by atoms with Gasteiger partial charge in [-0.25, -0.2) is 9.59 Å². The lowest BCUT2D eigenvalue weighted by molar-refractivity contribution is -0.159. The monoisotopic (exact) mass is 338 g/mol. The first-order chi connectivity index (χ1) is 11.3. The zero-order valence-corrected chi connectivity index (χ0v) is 14.4. The first kappa shape index (κ1) is 19.9. The molecule has 0 saturated carbocycles. The van der Waals surface area contributed by atoms with Crippen molar-refractivity contribution >= 4 is 11.9 Å². The average Bonchev–Trinajstić information content (AvgIpc) is 2.56. The van der Waals surface area contributed by atoms with E-state index in [-0.39, 0.29) is 0 Å². The lowest BCUT2D eigenvalue weighted by Gasteiger charge is -2.37. The number of methoxy groups -OCH3 is 1. The minimum atomic E-state index is -1.82. The predicted octanol–water partition coefficient (Wildman–Crippen LogP) is 1.38. The highest BCUT2D eigenvalue weighted by Crippen LogP contribution is 2.20. The smallest absolute Gasteiger partial charge is 0.414 e. The number of rotatable bonds is 4. The lowest BCUT2D eigenvalue weighted by atomic mass is 10.1. The number of ether oxygens (including phenoxy) is 1. The summed E-state index contributed by atoms with van der Waals surface area (Å²) < 4.78 is 5.41. The second-order valence-corrected chi connectivity index (χ2v) is 5.83. The minimum Gasteiger partial charge on any atom is -0.496 e. The normalized spacial score (nSPS) is 15.5. The Balaban J connectivity index is 0.000000413. The van der Waals surface area contributed by atoms with Crippen LogP contribution in [0, 0.1) is 0 Å². The Bertz CT molecular complexity index is 528. The van der Waals surface area contributed by atoms with Crippen LogP contribution < -0.4 is 4.74 Å². The van der Waals surface area contributed by atoms with Crippen molar-refractivity contribution in [3.8, 4) is 5.75 Å². The SMILES string of the molecule is COc1ccccc1CN1CCN(C(C)C)CC1.O=C(O)C(=O)O. The molecule has 0 unspecified atom stereocenters. The van der Waals surface area contributed by atoms with Gasteiger partial charge in [-0.2, -0.15) is 0 Å². The zero-order valence-electron chi connectivity index (χ0n) is 14.4. The van der Waals surface area contributed by atoms with Crippen LogP contribution >= 0.6 is 0 Å². The molecule has 7 nitrogen and oxygen atoms in total. The number of hydrogen-bond donors (Lipinski definition) is 2. The topological polar surface area (TPSA) is 90.3 Å². The highest BCUT2D eigenvalue weighted by Gasteiger charge is 2.19. The minimum absolute atomic E-state index is 0.665. The van der Waals surface area contributed by atoms with E-state index in [1.165, 1.54) is 18.7 Å². The quantitative estimate of drug-likeness (QED) is 0.802. The third kappa shape index (κ3) is 6.55. The first-order valence-electron chi connectivity index (χ1n) is 7.89. The fourth-order valence-corrected chi connectivity index (χ4v) is 2.51. The maximum absolute atomic E-state index is 9.10. The predicted molar refractivity (Wildman–Crippen MR) is 90.3 cm³/mol. The molecule has 0 aromatic heterocycles. The molecule has 1 saturated heterocycles. The Morgan fingerprint density at radius 2 is 1.62 bits per heavy atom. The summed E-state index contributed by atoms with van der Waals surface area (Å²) in [5.74, 6) is -2.64. The summed E-state index contributed by atoms with van der Waals surface area (Å²) in [6, 6.07) is 8.98. The van der Waals surface area contributed by atoms with E-state index in [1.807, 2.05) is 12.1 Å². The van der Waals surface area contributed by atoms with Gasteiger partial charge in [0, 0.05) is 44.3 Å². The summed E-state index contributed by atoms with van der Waals surface area (Å²) in [7, 11) is 1.75. The van der Waals surface area contributed by atoms with Crippen LogP contribution in [0.3, 0.4) is 0 Å². The van der Waals surface area contributed by atoms with E-state index in [2.05, 4.69) is 35.8 Å². The molecule has 1 aromatic carbocycles. The molecule has 24 heavy (non-hydrogen) atoms. The van der Waals surface area contributed by atoms with Gasteiger partial charge in [-0.3, -0.25) is 9.80 Å². The molecule has 7 heteroatoms. The molecule has 2 rings (SSSR count). The van der Waals surface area contributed by atoms with E-state index in [9.17, 15) is 0 Å². The van der Waals surface area contributed by atoms with Gasteiger partial charge in [0.15, 0.2) is 0 Å². The van der Waals surface area contributed by atoms with Crippen LogP contribution in [-0.4, -0.2) is 71.3 Å². The molecule has 134 valence electrons. The van der Waals surface area contributed by atoms with Gasteiger partial charge in [-0.15, -0.1) is 0 Å². The summed E-state index contributed by atoms with van der Waals surface area (Å²) in [5, 5.41) is 14.8. The third-order valence-electron chi connectivity index (χ3n) is 3.91. The molecule has 0 spiro atoms. The number of nitrogens with zero attached hydrogens (tertiary/aromatic N) is 2. The second kappa shape index (κ2) is 9.89. The molecular weight excluding hydrogens is 312 g/mol. The molecule has 0 atom stereocenters. The van der Waals surface area contributed by atoms with Crippen LogP contribution in [0.1, 0.15) is 19.4 Å². The number of benzene rings is 1. The van der Waals surface area contributed by atoms with Gasteiger partial charge in [0.2, 0.25) is 0 Å². The van der Waals surface area contributed by atoms with Crippen LogP contribution in [0.5, 0.6) is 5.75 Å². The van der Waals surface area contributed by atoms with E-state index in [1.54, 1.807) is 7.11 Å². The van der Waals surface area contributed by atoms with Gasteiger partial charge >= 0.3 is 11.9 Å². The van der Waals surface area contributed by atoms with E-state index >= 15 is 0 Å². The molecule has 0 amide bonds. The summed E-state index contributed by atoms with van der Waals surface area (Å²) in [5.41, 5.74) is 1.29. The van der Waals surface area contributed by atoms with Crippen molar-refractivity contribution in [1.82, 2.24) is 9.80 Å². The fourth-order valence-electron chi connectivity index (χ4n) is 2.51. The number of carboxylic acid groups (broad SMARTS) is 2. The largest absolute Gasteiger partial charge is 0.496 e. The first-order valence-corrected chi connectivity index (χ1v) is 7.89. The van der Waals surface area contributed by atoms with Crippen molar-refractivity contribution in [3.63, 3.8) is 0 Å². The van der Waals surface area contributed by atoms with Gasteiger partial charge in [0.25, 0.3) is 0 Å². The Morgan fingerprint density at radius 3 is 2.08 bits per heavy atom. The van der Waals surface area contributed by atoms with Crippen molar-refractivity contribution in [2.24, 2.45) is 0 Å². The molecule has 1 aromatic rings. The molecule has 0 bridgehead atoms. The lowest BCUT2D eigenvalue weighted by Crippen LogP contribution is -2.48. The Morgan fingerprint density at radius 1 is 1.08 bits per heavy atom. The number of carboxylic acids is 2. The Kier molecular flexibility index (Phi) is 8.21. The number of carbonyl (C=O) groups is 2. The van der Waals surface area contributed by atoms with Gasteiger partial charge < -0.3 is 14.9 Å². The molecule has 1 heterocycles. The van der Waals surface area contributed by atoms with Crippen LogP contribution in [0.15, 0.2) is 24.3 Å². The van der Waals surface area contributed by atoms with Crippen molar-refractivity contribution in [2.45, 2.75) is 26.4 Å². The summed E-state index contributed by atoms with van der Waals surface area (Å²) in [6.45, 7) is 10.2. The molecule has 1 aliphatic rings. The van der Waals surface area contributed by atoms with Gasteiger partial charge in [-0.05, 0) is 19.9 Å². The van der Waals surface area contributed by atoms with Crippen molar-refractivity contribution in [3.05, 3.63) is 29.8 Å². The molecule has 0 radical (unpaired) electrons. The fraction of sp³-hybridized carbons (Fsp3) is 0.529. The second-order valence-electron chi connectivity index (χ2n) is 5.83. The van der Waals surface area contributed by atoms with Crippen LogP contribution in [0.4, 0.5) is 0 Å². The van der Waals surface area contributed by atoms with Crippen molar-refractivity contribution < 1.29 is 24.5 Å². The van der Waals surface area contributed by atoms with E-state index in [0.29, 0.717) is 6.04 Å². The van der Waals surface area contributed by atoms with E-state index in [0.717, 1.165) is 25.4 Å². The standard InChI is InChI=1S/C15H24N2O.C2H2O4/c1-13(2)17-10-8-16(9-11-17)12-14-6-4-5-7-15(14)18-3;3-1(4)2(5)6/h4-7,13H,8-12H2,1-3H3;(H,3,4)(H,5,6). The summed E-state index contributed by atoms with van der Waals surface area (Å²) in [6.07, 6.45) is 0. The Labute approximate surface area is 142 Å². The summed E-state index contributed by atoms with van der Waals surface area (Å²) >= 11 is 0. The van der Waals surface area contributed by atoms with Crippen LogP contribution in [0.25, 0.3) is 0 Å². The van der Waals surface area contributed by atoms with Crippen molar-refractivity contribution in [2.75, 3.05) is 33.3 Å². The van der Waals surface area contributed by atoms with E-state index in [4.69, 9.17) is 24.5 Å². The molecule has 2 N–H and O–H groups in total. The molecule has 1 aliphatic heterocycles. The number of hydrogen-bond acceptors (Lipinski definition) is 5. The van der Waals surface area contributed by atoms with Crippen molar-refractivity contribution in [1.29, 1.82) is 0 Å². The summed E-state index contributed by atoms with van der Waals surface area (Å²) in [4.78, 5) is 23.3. The van der Waals surface area contributed by atoms with Gasteiger partial charge in [0.1, 0.15) is 5.75 Å². The van der Waals surface area contributed by atoms with E-state index < -0.39 is 11.9 Å². The maximum Gasteiger partial charge on any atom is 0.414 e. The maximum atomic E-state index is 9.10. The zero-order chi connectivity index (χ0) is 18.1. The highest BCUT2D eigenvalue weighted by atomic mass is 16.5. The number of aliphatic carboxylic acids is 2. The number of para-hydroxylation sites is 1. The van der Waals surface area contributed by atoms with Gasteiger partial charge in [-0.1, -0.05) is 18.2 Å². The van der Waals surface area contributed by atoms with Crippen LogP contribution in [-0.2, 0) is 16.1 Å². The molecule has 0 aliphatic carbocycles. The Hall–Kier alpha value is -2.12. The van der Waals surface area contributed by atoms with Crippen LogP contribution in [0.2, 0.25) is 0 Å². The molecular formula is C17H26N2O5. The average molecular weight is 338 g/mol. The highest BCUT2D eigenvalue weighted by molar-refractivity contribution is 6.27.